The van der Waals surface area contributed by atoms with Gasteiger partial charge in [-0.25, -0.2) is 0 Å². The molecule has 0 amide bonds. The summed E-state index contributed by atoms with van der Waals surface area (Å²) >= 11 is 0. The van der Waals surface area contributed by atoms with E-state index in [9.17, 15) is 0 Å². The molecule has 0 radical (unpaired) electrons. The van der Waals surface area contributed by atoms with Gasteiger partial charge in [-0.2, -0.15) is 0 Å². The molecule has 1 heteroatoms. The Kier molecular flexibility index (Phi) is 3.99. The molecule has 0 aromatic heterocycles. The van der Waals surface area contributed by atoms with Crippen molar-refractivity contribution in [2.24, 2.45) is 5.92 Å². The van der Waals surface area contributed by atoms with Crippen LogP contribution in [0.4, 0.5) is 0 Å². The summed E-state index contributed by atoms with van der Waals surface area (Å²) in [5, 5.41) is 0. The van der Waals surface area contributed by atoms with E-state index in [1.165, 1.54) is 5.57 Å². The third-order valence-electron chi connectivity index (χ3n) is 4.09. The van der Waals surface area contributed by atoms with Crippen LogP contribution in [0.15, 0.2) is 109 Å². The minimum Gasteiger partial charge on any atom is -0.456 e. The van der Waals surface area contributed by atoms with Gasteiger partial charge in [-0.15, -0.1) is 0 Å². The molecule has 1 aliphatic carbocycles. The molecule has 0 atom stereocenters. The monoisotopic (exact) mass is 310 g/mol. The van der Waals surface area contributed by atoms with Gasteiger partial charge in [-0.1, -0.05) is 91.0 Å². The number of benzene rings is 2. The van der Waals surface area contributed by atoms with Gasteiger partial charge in [0.25, 0.3) is 0 Å². The fourth-order valence-corrected chi connectivity index (χ4v) is 2.89. The van der Waals surface area contributed by atoms with E-state index >= 15 is 0 Å². The molecule has 1 aliphatic heterocycles. The molecular weight excluding hydrogens is 292 g/mol. The van der Waals surface area contributed by atoms with E-state index in [1.54, 1.807) is 0 Å². The van der Waals surface area contributed by atoms with E-state index in [0.717, 1.165) is 22.6 Å². The summed E-state index contributed by atoms with van der Waals surface area (Å²) in [6, 6.07) is 20.5. The Morgan fingerprint density at radius 3 is 1.67 bits per heavy atom. The molecule has 1 nitrogen and oxygen atoms in total. The number of rotatable bonds is 3. The van der Waals surface area contributed by atoms with E-state index in [2.05, 4.69) is 66.8 Å². The molecule has 24 heavy (non-hydrogen) atoms. The lowest BCUT2D eigenvalue weighted by Crippen LogP contribution is -2.00. The first-order valence-corrected chi connectivity index (χ1v) is 8.17. The number of ether oxygens (including phenoxy) is 1. The normalized spacial score (nSPS) is 16.6. The number of allylic oxidation sites excluding steroid dienone is 8. The Hall–Kier alpha value is -3.06. The van der Waals surface area contributed by atoms with Crippen LogP contribution >= 0.6 is 0 Å². The maximum Gasteiger partial charge on any atom is 0.135 e. The predicted octanol–water partition coefficient (Wildman–Crippen LogP) is 5.77. The second-order valence-electron chi connectivity index (χ2n) is 5.87. The summed E-state index contributed by atoms with van der Waals surface area (Å²) in [7, 11) is 0. The van der Waals surface area contributed by atoms with Gasteiger partial charge in [0.15, 0.2) is 0 Å². The highest BCUT2D eigenvalue weighted by atomic mass is 16.5. The zero-order valence-electron chi connectivity index (χ0n) is 13.3. The molecule has 0 spiro atoms. The molecule has 2 aliphatic rings. The van der Waals surface area contributed by atoms with Crippen LogP contribution in [-0.4, -0.2) is 0 Å². The summed E-state index contributed by atoms with van der Waals surface area (Å²) < 4.78 is 6.20. The van der Waals surface area contributed by atoms with Crippen molar-refractivity contribution < 1.29 is 4.74 Å². The Morgan fingerprint density at radius 2 is 1.17 bits per heavy atom. The lowest BCUT2D eigenvalue weighted by atomic mass is 10.0. The van der Waals surface area contributed by atoms with Gasteiger partial charge in [-0.05, 0) is 17.7 Å². The summed E-state index contributed by atoms with van der Waals surface area (Å²) in [6.45, 7) is 0. The molecule has 0 unspecified atom stereocenters. The minimum absolute atomic E-state index is 0.347. The third-order valence-corrected chi connectivity index (χ3v) is 4.09. The van der Waals surface area contributed by atoms with Crippen LogP contribution in [-0.2, 0) is 4.74 Å². The topological polar surface area (TPSA) is 9.23 Å². The summed E-state index contributed by atoms with van der Waals surface area (Å²) in [4.78, 5) is 0. The van der Waals surface area contributed by atoms with Gasteiger partial charge in [-0.3, -0.25) is 0 Å². The first-order valence-electron chi connectivity index (χ1n) is 8.17. The summed E-state index contributed by atoms with van der Waals surface area (Å²) in [5.41, 5.74) is 3.34. The SMILES string of the molecule is C1=CC(C=C2C=C(c3ccccc3)OC(c3ccccc3)=C2)C=C1. The van der Waals surface area contributed by atoms with Crippen LogP contribution in [0.5, 0.6) is 0 Å². The quantitative estimate of drug-likeness (QED) is 0.699. The summed E-state index contributed by atoms with van der Waals surface area (Å²) in [6.07, 6.45) is 15.0. The number of hydrogen-bond acceptors (Lipinski definition) is 1. The zero-order chi connectivity index (χ0) is 16.2. The highest BCUT2D eigenvalue weighted by molar-refractivity contribution is 5.77. The first-order chi connectivity index (χ1) is 11.9. The maximum absolute atomic E-state index is 6.20. The highest BCUT2D eigenvalue weighted by Gasteiger charge is 2.15. The summed E-state index contributed by atoms with van der Waals surface area (Å²) in [5.74, 6) is 2.11. The van der Waals surface area contributed by atoms with Crippen LogP contribution in [0.2, 0.25) is 0 Å². The fraction of sp³-hybridized carbons (Fsp3) is 0.0435. The molecule has 2 aromatic rings. The molecule has 2 aromatic carbocycles. The molecular formula is C23H18O. The molecule has 0 saturated carbocycles. The van der Waals surface area contributed by atoms with Crippen molar-refractivity contribution in [2.45, 2.75) is 0 Å². The Labute approximate surface area is 142 Å². The van der Waals surface area contributed by atoms with Gasteiger partial charge >= 0.3 is 0 Å². The van der Waals surface area contributed by atoms with Crippen molar-refractivity contribution in [3.63, 3.8) is 0 Å². The molecule has 116 valence electrons. The number of hydrogen-bond donors (Lipinski definition) is 0. The van der Waals surface area contributed by atoms with Crippen molar-refractivity contribution in [1.82, 2.24) is 0 Å². The molecule has 0 fully saturated rings. The Morgan fingerprint density at radius 1 is 0.667 bits per heavy atom. The predicted molar refractivity (Wildman–Crippen MR) is 99.8 cm³/mol. The molecule has 0 N–H and O–H groups in total. The van der Waals surface area contributed by atoms with E-state index in [4.69, 9.17) is 4.74 Å². The van der Waals surface area contributed by atoms with Gasteiger partial charge in [0, 0.05) is 17.0 Å². The van der Waals surface area contributed by atoms with Gasteiger partial charge < -0.3 is 4.74 Å². The average Bonchev–Trinajstić information content (AvgIpc) is 3.16. The van der Waals surface area contributed by atoms with Crippen molar-refractivity contribution >= 4 is 11.5 Å². The largest absolute Gasteiger partial charge is 0.456 e. The van der Waals surface area contributed by atoms with Gasteiger partial charge in [0.2, 0.25) is 0 Å². The lowest BCUT2D eigenvalue weighted by molar-refractivity contribution is 0.466. The Bertz CT molecular complexity index is 795. The van der Waals surface area contributed by atoms with E-state index < -0.39 is 0 Å². The first kappa shape index (κ1) is 14.5. The molecule has 1 heterocycles. The van der Waals surface area contributed by atoms with Gasteiger partial charge in [0.1, 0.15) is 11.5 Å². The lowest BCUT2D eigenvalue weighted by Gasteiger charge is -2.19. The van der Waals surface area contributed by atoms with Crippen molar-refractivity contribution in [2.75, 3.05) is 0 Å². The highest BCUT2D eigenvalue weighted by Crippen LogP contribution is 2.32. The maximum atomic E-state index is 6.20. The van der Waals surface area contributed by atoms with Crippen LogP contribution in [0.1, 0.15) is 11.1 Å². The smallest absolute Gasteiger partial charge is 0.135 e. The Balaban J connectivity index is 1.75. The third kappa shape index (κ3) is 3.16. The second kappa shape index (κ2) is 6.59. The van der Waals surface area contributed by atoms with E-state index in [0.29, 0.717) is 5.92 Å². The van der Waals surface area contributed by atoms with Crippen molar-refractivity contribution in [3.05, 3.63) is 120 Å². The fourth-order valence-electron chi connectivity index (χ4n) is 2.89. The molecule has 0 bridgehead atoms. The van der Waals surface area contributed by atoms with Crippen LogP contribution in [0.3, 0.4) is 0 Å². The van der Waals surface area contributed by atoms with Crippen molar-refractivity contribution in [3.8, 4) is 0 Å². The van der Waals surface area contributed by atoms with Crippen LogP contribution in [0, 0.1) is 5.92 Å². The van der Waals surface area contributed by atoms with Crippen LogP contribution in [0.25, 0.3) is 11.5 Å². The zero-order valence-corrected chi connectivity index (χ0v) is 13.3. The second-order valence-corrected chi connectivity index (χ2v) is 5.87. The standard InChI is InChI=1S/C23H18O/c1-3-11-20(12-4-1)22-16-19(15-18-9-7-8-10-18)17-23(24-22)21-13-5-2-6-14-21/h1-18H. The van der Waals surface area contributed by atoms with E-state index in [-0.39, 0.29) is 0 Å². The van der Waals surface area contributed by atoms with Crippen LogP contribution < -0.4 is 0 Å². The van der Waals surface area contributed by atoms with Crippen molar-refractivity contribution in [1.29, 1.82) is 0 Å². The molecule has 4 rings (SSSR count). The van der Waals surface area contributed by atoms with E-state index in [1.807, 2.05) is 36.4 Å². The average molecular weight is 310 g/mol. The molecule has 0 saturated heterocycles. The minimum atomic E-state index is 0.347. The van der Waals surface area contributed by atoms with Gasteiger partial charge in [0.05, 0.1) is 0 Å².